The maximum absolute atomic E-state index is 7.06. The van der Waals surface area contributed by atoms with Gasteiger partial charge >= 0.3 is 0 Å². The molecule has 0 saturated heterocycles. The van der Waals surface area contributed by atoms with Crippen molar-refractivity contribution in [2.45, 2.75) is 6.42 Å². The molecule has 0 amide bonds. The number of aryl methyl sites for hydroxylation is 1. The van der Waals surface area contributed by atoms with Crippen molar-refractivity contribution in [1.82, 2.24) is 9.78 Å². The number of nitrogens with zero attached hydrogens (tertiary/aromatic N) is 3. The maximum Gasteiger partial charge on any atom is 0.190 e. The summed E-state index contributed by atoms with van der Waals surface area (Å²) >= 11 is 0. The largest absolute Gasteiger partial charge is 0.276 e. The second kappa shape index (κ2) is 3.97. The predicted molar refractivity (Wildman–Crippen MR) is 58.7 cm³/mol. The van der Waals surface area contributed by atoms with Gasteiger partial charge in [0.05, 0.1) is 12.8 Å². The fourth-order valence-corrected chi connectivity index (χ4v) is 1.55. The van der Waals surface area contributed by atoms with E-state index in [9.17, 15) is 0 Å². The Morgan fingerprint density at radius 3 is 2.87 bits per heavy atom. The number of hydrogen-bond donors (Lipinski definition) is 0. The van der Waals surface area contributed by atoms with Gasteiger partial charge in [0, 0.05) is 13.2 Å². The second-order valence-corrected chi connectivity index (χ2v) is 3.44. The van der Waals surface area contributed by atoms with Crippen LogP contribution in [0.15, 0.2) is 36.7 Å². The van der Waals surface area contributed by atoms with Crippen molar-refractivity contribution in [1.29, 1.82) is 0 Å². The first-order valence-electron chi connectivity index (χ1n) is 4.72. The maximum atomic E-state index is 7.06. The van der Waals surface area contributed by atoms with Crippen LogP contribution in [0.25, 0.3) is 4.85 Å². The summed E-state index contributed by atoms with van der Waals surface area (Å²) in [6.45, 7) is 7.06. The molecule has 74 valence electrons. The van der Waals surface area contributed by atoms with Gasteiger partial charge in [0.2, 0.25) is 0 Å². The SMILES string of the molecule is [C-]#[N+]c1ccccc1Cc1cnn(C)c1. The summed E-state index contributed by atoms with van der Waals surface area (Å²) in [5.41, 5.74) is 2.91. The van der Waals surface area contributed by atoms with E-state index in [0.29, 0.717) is 0 Å². The Kier molecular flexibility index (Phi) is 2.51. The molecule has 3 heteroatoms. The summed E-state index contributed by atoms with van der Waals surface area (Å²) in [6.07, 6.45) is 4.58. The van der Waals surface area contributed by atoms with E-state index in [-0.39, 0.29) is 0 Å². The van der Waals surface area contributed by atoms with Gasteiger partial charge in [-0.1, -0.05) is 24.3 Å². The minimum absolute atomic E-state index is 0.723. The fourth-order valence-electron chi connectivity index (χ4n) is 1.55. The Morgan fingerprint density at radius 2 is 2.20 bits per heavy atom. The van der Waals surface area contributed by atoms with Gasteiger partial charge in [0.15, 0.2) is 5.69 Å². The summed E-state index contributed by atoms with van der Waals surface area (Å²) in [5.74, 6) is 0. The van der Waals surface area contributed by atoms with Gasteiger partial charge in [-0.25, -0.2) is 4.85 Å². The zero-order valence-electron chi connectivity index (χ0n) is 8.51. The van der Waals surface area contributed by atoms with Crippen LogP contribution in [0, 0.1) is 6.57 Å². The smallest absolute Gasteiger partial charge is 0.190 e. The highest BCUT2D eigenvalue weighted by Crippen LogP contribution is 2.21. The molecular weight excluding hydrogens is 186 g/mol. The van der Waals surface area contributed by atoms with E-state index >= 15 is 0 Å². The van der Waals surface area contributed by atoms with Gasteiger partial charge in [0.25, 0.3) is 0 Å². The molecule has 0 aliphatic rings. The van der Waals surface area contributed by atoms with Crippen LogP contribution in [0.1, 0.15) is 11.1 Å². The molecule has 0 radical (unpaired) electrons. The molecule has 2 aromatic rings. The first-order chi connectivity index (χ1) is 7.29. The molecule has 1 heterocycles. The number of benzene rings is 1. The standard InChI is InChI=1S/C12H11N3/c1-13-12-6-4-3-5-11(12)7-10-8-14-15(2)9-10/h3-6,8-9H,7H2,2H3. The van der Waals surface area contributed by atoms with Crippen molar-refractivity contribution in [2.24, 2.45) is 7.05 Å². The molecule has 0 saturated carbocycles. The Hall–Kier alpha value is -2.08. The average molecular weight is 197 g/mol. The van der Waals surface area contributed by atoms with Crippen molar-refractivity contribution in [3.8, 4) is 0 Å². The molecule has 0 spiro atoms. The van der Waals surface area contributed by atoms with E-state index < -0.39 is 0 Å². The minimum atomic E-state index is 0.723. The van der Waals surface area contributed by atoms with E-state index in [1.165, 1.54) is 0 Å². The molecule has 2 rings (SSSR count). The van der Waals surface area contributed by atoms with E-state index in [1.54, 1.807) is 4.68 Å². The van der Waals surface area contributed by atoms with Crippen LogP contribution in [-0.4, -0.2) is 9.78 Å². The quantitative estimate of drug-likeness (QED) is 0.678. The Morgan fingerprint density at radius 1 is 1.40 bits per heavy atom. The highest BCUT2D eigenvalue weighted by Gasteiger charge is 2.03. The third-order valence-electron chi connectivity index (χ3n) is 2.26. The summed E-state index contributed by atoms with van der Waals surface area (Å²) in [6, 6.07) is 7.68. The molecule has 0 aliphatic carbocycles. The molecule has 1 aromatic heterocycles. The first kappa shape index (κ1) is 9.47. The molecule has 0 atom stereocenters. The van der Waals surface area contributed by atoms with Crippen molar-refractivity contribution in [2.75, 3.05) is 0 Å². The first-order valence-corrected chi connectivity index (χ1v) is 4.72. The molecule has 1 aromatic carbocycles. The van der Waals surface area contributed by atoms with Gasteiger partial charge < -0.3 is 0 Å². The van der Waals surface area contributed by atoms with Crippen molar-refractivity contribution >= 4 is 5.69 Å². The predicted octanol–water partition coefficient (Wildman–Crippen LogP) is 2.56. The van der Waals surface area contributed by atoms with Crippen LogP contribution in [0.2, 0.25) is 0 Å². The third kappa shape index (κ3) is 2.05. The Bertz CT molecular complexity index is 506. The second-order valence-electron chi connectivity index (χ2n) is 3.44. The Labute approximate surface area is 88.8 Å². The number of hydrogen-bond acceptors (Lipinski definition) is 1. The topological polar surface area (TPSA) is 22.2 Å². The number of aromatic nitrogens is 2. The van der Waals surface area contributed by atoms with Crippen LogP contribution in [-0.2, 0) is 13.5 Å². The van der Waals surface area contributed by atoms with Crippen LogP contribution in [0.5, 0.6) is 0 Å². The van der Waals surface area contributed by atoms with Crippen molar-refractivity contribution in [3.63, 3.8) is 0 Å². The molecule has 15 heavy (non-hydrogen) atoms. The van der Waals surface area contributed by atoms with E-state index in [0.717, 1.165) is 23.2 Å². The molecule has 0 fully saturated rings. The molecule has 0 N–H and O–H groups in total. The van der Waals surface area contributed by atoms with Gasteiger partial charge in [-0.2, -0.15) is 5.10 Å². The summed E-state index contributed by atoms with van der Waals surface area (Å²) < 4.78 is 1.77. The minimum Gasteiger partial charge on any atom is -0.276 e. The van der Waals surface area contributed by atoms with Gasteiger partial charge in [-0.15, -0.1) is 0 Å². The molecule has 0 unspecified atom stereocenters. The van der Waals surface area contributed by atoms with Crippen molar-refractivity contribution < 1.29 is 0 Å². The zero-order valence-corrected chi connectivity index (χ0v) is 8.51. The normalized spacial score (nSPS) is 9.87. The zero-order chi connectivity index (χ0) is 10.7. The van der Waals surface area contributed by atoms with Crippen LogP contribution >= 0.6 is 0 Å². The lowest BCUT2D eigenvalue weighted by atomic mass is 10.1. The lowest BCUT2D eigenvalue weighted by Gasteiger charge is -2.00. The number of rotatable bonds is 2. The summed E-state index contributed by atoms with van der Waals surface area (Å²) in [5, 5.41) is 4.11. The fraction of sp³-hybridized carbons (Fsp3) is 0.167. The molecule has 0 aliphatic heterocycles. The van der Waals surface area contributed by atoms with E-state index in [1.807, 2.05) is 43.7 Å². The lowest BCUT2D eigenvalue weighted by Crippen LogP contribution is -1.87. The summed E-state index contributed by atoms with van der Waals surface area (Å²) in [7, 11) is 1.89. The third-order valence-corrected chi connectivity index (χ3v) is 2.26. The average Bonchev–Trinajstić information content (AvgIpc) is 2.65. The van der Waals surface area contributed by atoms with E-state index in [4.69, 9.17) is 6.57 Å². The molecular formula is C12H11N3. The van der Waals surface area contributed by atoms with Gasteiger partial charge in [0.1, 0.15) is 0 Å². The van der Waals surface area contributed by atoms with Gasteiger partial charge in [-0.3, -0.25) is 4.68 Å². The van der Waals surface area contributed by atoms with Crippen LogP contribution < -0.4 is 0 Å². The molecule has 3 nitrogen and oxygen atoms in total. The highest BCUT2D eigenvalue weighted by atomic mass is 15.2. The summed E-state index contributed by atoms with van der Waals surface area (Å²) in [4.78, 5) is 3.50. The van der Waals surface area contributed by atoms with Crippen molar-refractivity contribution in [3.05, 3.63) is 59.2 Å². The van der Waals surface area contributed by atoms with E-state index in [2.05, 4.69) is 9.94 Å². The molecule has 0 bridgehead atoms. The number of para-hydroxylation sites is 1. The monoisotopic (exact) mass is 197 g/mol. The Balaban J connectivity index is 2.28. The van der Waals surface area contributed by atoms with Crippen LogP contribution in [0.3, 0.4) is 0 Å². The highest BCUT2D eigenvalue weighted by molar-refractivity contribution is 5.53. The van der Waals surface area contributed by atoms with Crippen LogP contribution in [0.4, 0.5) is 5.69 Å². The van der Waals surface area contributed by atoms with Gasteiger partial charge in [-0.05, 0) is 17.5 Å². The lowest BCUT2D eigenvalue weighted by molar-refractivity contribution is 0.767.